The number of carbonyl (C=O) groups excluding carboxylic acids is 1. The van der Waals surface area contributed by atoms with E-state index in [-0.39, 0.29) is 23.2 Å². The lowest BCUT2D eigenvalue weighted by Crippen LogP contribution is -2.31. The van der Waals surface area contributed by atoms with Gasteiger partial charge in [0.2, 0.25) is 5.88 Å². The zero-order chi connectivity index (χ0) is 21.8. The van der Waals surface area contributed by atoms with Crippen LogP contribution < -0.4 is 15.6 Å². The lowest BCUT2D eigenvalue weighted by molar-refractivity contribution is 0.0936. The molecule has 1 atom stereocenters. The molecule has 0 aliphatic heterocycles. The number of carbonyl (C=O) groups is 1. The summed E-state index contributed by atoms with van der Waals surface area (Å²) in [5, 5.41) is 2.96. The Balaban J connectivity index is 1.60. The number of rotatable bonds is 7. The highest BCUT2D eigenvalue weighted by Gasteiger charge is 2.23. The van der Waals surface area contributed by atoms with Gasteiger partial charge in [0.1, 0.15) is 11.6 Å². The van der Waals surface area contributed by atoms with E-state index in [1.54, 1.807) is 24.3 Å². The highest BCUT2D eigenvalue weighted by Crippen LogP contribution is 2.34. The minimum atomic E-state index is -0.501. The van der Waals surface area contributed by atoms with E-state index in [9.17, 15) is 14.0 Å². The van der Waals surface area contributed by atoms with Crippen molar-refractivity contribution in [3.05, 3.63) is 87.5 Å². The molecule has 2 heterocycles. The second kappa shape index (κ2) is 9.07. The van der Waals surface area contributed by atoms with Gasteiger partial charge in [-0.1, -0.05) is 18.6 Å². The smallest absolute Gasteiger partial charge is 0.253 e. The average Bonchev–Trinajstić information content (AvgIpc) is 2.72. The van der Waals surface area contributed by atoms with Crippen molar-refractivity contribution in [1.82, 2.24) is 20.3 Å². The van der Waals surface area contributed by atoms with Crippen LogP contribution in [0.25, 0.3) is 0 Å². The number of halogens is 1. The minimum absolute atomic E-state index is 0.213. The number of methoxy groups -OCH3 is 1. The highest BCUT2D eigenvalue weighted by molar-refractivity contribution is 5.94. The fourth-order valence-electron chi connectivity index (χ4n) is 3.54. The number of pyridine rings is 1. The number of H-pyrrole nitrogens is 1. The van der Waals surface area contributed by atoms with Crippen LogP contribution in [0.5, 0.6) is 5.88 Å². The van der Waals surface area contributed by atoms with Gasteiger partial charge in [-0.3, -0.25) is 9.59 Å². The van der Waals surface area contributed by atoms with E-state index < -0.39 is 6.04 Å². The molecule has 0 unspecified atom stereocenters. The number of aromatic amines is 1. The maximum Gasteiger partial charge on any atom is 0.253 e. The van der Waals surface area contributed by atoms with Gasteiger partial charge in [0.25, 0.3) is 11.5 Å². The number of aromatic nitrogens is 3. The maximum absolute atomic E-state index is 13.5. The number of ether oxygens (including phenoxy) is 1. The lowest BCUT2D eigenvalue weighted by Gasteiger charge is -2.25. The van der Waals surface area contributed by atoms with Gasteiger partial charge in [-0.2, -0.15) is 0 Å². The molecule has 0 bridgehead atoms. The van der Waals surface area contributed by atoms with E-state index in [0.29, 0.717) is 34.9 Å². The molecule has 31 heavy (non-hydrogen) atoms. The Morgan fingerprint density at radius 3 is 2.65 bits per heavy atom. The van der Waals surface area contributed by atoms with Crippen molar-refractivity contribution in [2.45, 2.75) is 37.6 Å². The van der Waals surface area contributed by atoms with Gasteiger partial charge >= 0.3 is 0 Å². The Labute approximate surface area is 178 Å². The van der Waals surface area contributed by atoms with E-state index in [4.69, 9.17) is 4.74 Å². The fourth-order valence-corrected chi connectivity index (χ4v) is 3.54. The van der Waals surface area contributed by atoms with Gasteiger partial charge in [0.05, 0.1) is 24.4 Å². The summed E-state index contributed by atoms with van der Waals surface area (Å²) in [5.74, 6) is 0.667. The third kappa shape index (κ3) is 4.96. The van der Waals surface area contributed by atoms with E-state index in [2.05, 4.69) is 20.3 Å². The normalized spacial score (nSPS) is 14.5. The first-order valence-corrected chi connectivity index (χ1v) is 10.2. The number of hydrogen-bond acceptors (Lipinski definition) is 5. The summed E-state index contributed by atoms with van der Waals surface area (Å²) >= 11 is 0. The van der Waals surface area contributed by atoms with E-state index >= 15 is 0 Å². The zero-order valence-electron chi connectivity index (χ0n) is 17.1. The molecular weight excluding hydrogens is 399 g/mol. The van der Waals surface area contributed by atoms with E-state index in [0.717, 1.165) is 19.3 Å². The van der Waals surface area contributed by atoms with Crippen molar-refractivity contribution in [3.8, 4) is 5.88 Å². The van der Waals surface area contributed by atoms with Crippen molar-refractivity contribution < 1.29 is 13.9 Å². The molecule has 7 nitrogen and oxygen atoms in total. The molecule has 4 rings (SSSR count). The van der Waals surface area contributed by atoms with Crippen LogP contribution in [0, 0.1) is 5.82 Å². The first-order chi connectivity index (χ1) is 15.0. The van der Waals surface area contributed by atoms with Crippen molar-refractivity contribution in [1.29, 1.82) is 0 Å². The lowest BCUT2D eigenvalue weighted by atomic mass is 9.85. The van der Waals surface area contributed by atoms with Crippen LogP contribution in [0.15, 0.2) is 53.5 Å². The Morgan fingerprint density at radius 1 is 1.26 bits per heavy atom. The minimum Gasteiger partial charge on any atom is -0.481 e. The first kappa shape index (κ1) is 20.7. The summed E-state index contributed by atoms with van der Waals surface area (Å²) < 4.78 is 18.5. The quantitative estimate of drug-likeness (QED) is 0.609. The molecule has 8 heteroatoms. The summed E-state index contributed by atoms with van der Waals surface area (Å²) in [6.07, 6.45) is 4.87. The Bertz CT molecular complexity index is 1110. The van der Waals surface area contributed by atoms with Gasteiger partial charge in [-0.15, -0.1) is 0 Å². The monoisotopic (exact) mass is 422 g/mol. The summed E-state index contributed by atoms with van der Waals surface area (Å²) in [5.41, 5.74) is 1.44. The molecule has 1 aromatic carbocycles. The predicted molar refractivity (Wildman–Crippen MR) is 113 cm³/mol. The van der Waals surface area contributed by atoms with Gasteiger partial charge < -0.3 is 15.0 Å². The van der Waals surface area contributed by atoms with Crippen LogP contribution in [0.3, 0.4) is 0 Å². The van der Waals surface area contributed by atoms with Crippen molar-refractivity contribution in [2.24, 2.45) is 0 Å². The predicted octanol–water partition coefficient (Wildman–Crippen LogP) is 3.29. The Kier molecular flexibility index (Phi) is 6.06. The Hall–Kier alpha value is -3.55. The third-order valence-corrected chi connectivity index (χ3v) is 5.50. The molecule has 1 aliphatic carbocycles. The zero-order valence-corrected chi connectivity index (χ0v) is 17.1. The average molecular weight is 422 g/mol. The fraction of sp³-hybridized carbons (Fsp3) is 0.304. The molecule has 1 amide bonds. The maximum atomic E-state index is 13.5. The molecule has 2 aromatic heterocycles. The van der Waals surface area contributed by atoms with Crippen LogP contribution in [-0.2, 0) is 6.42 Å². The molecule has 3 aromatic rings. The van der Waals surface area contributed by atoms with Crippen LogP contribution in [-0.4, -0.2) is 28.0 Å². The number of benzene rings is 1. The van der Waals surface area contributed by atoms with E-state index in [1.165, 1.54) is 31.5 Å². The molecule has 1 fully saturated rings. The second-order valence-electron chi connectivity index (χ2n) is 7.62. The van der Waals surface area contributed by atoms with Gasteiger partial charge in [-0.25, -0.2) is 14.4 Å². The second-order valence-corrected chi connectivity index (χ2v) is 7.62. The molecule has 1 aliphatic rings. The number of nitrogens with one attached hydrogen (secondary N) is 2. The topological polar surface area (TPSA) is 97.0 Å². The summed E-state index contributed by atoms with van der Waals surface area (Å²) in [6.45, 7) is 0. The van der Waals surface area contributed by atoms with Crippen molar-refractivity contribution in [3.63, 3.8) is 0 Å². The molecule has 0 radical (unpaired) electrons. The SMILES string of the molecule is COc1ccc(C(=O)N[C@H](Cc2cc(=O)[nH]c(C3CCC3)n2)c2ccc(F)cc2)cn1. The molecule has 0 saturated heterocycles. The molecule has 1 saturated carbocycles. The van der Waals surface area contributed by atoms with Gasteiger partial charge in [0, 0.05) is 30.7 Å². The van der Waals surface area contributed by atoms with Crippen molar-refractivity contribution in [2.75, 3.05) is 7.11 Å². The van der Waals surface area contributed by atoms with E-state index in [1.807, 2.05) is 0 Å². The summed E-state index contributed by atoms with van der Waals surface area (Å²) in [6, 6.07) is 10.1. The molecular formula is C23H23FN4O3. The molecule has 160 valence electrons. The summed E-state index contributed by atoms with van der Waals surface area (Å²) in [4.78, 5) is 36.5. The van der Waals surface area contributed by atoms with Gasteiger partial charge in [0.15, 0.2) is 0 Å². The Morgan fingerprint density at radius 2 is 2.03 bits per heavy atom. The van der Waals surface area contributed by atoms with Crippen LogP contribution in [0.2, 0.25) is 0 Å². The van der Waals surface area contributed by atoms with Crippen LogP contribution >= 0.6 is 0 Å². The standard InChI is InChI=1S/C23H23FN4O3/c1-31-21-10-7-16(13-25-21)23(30)27-19(14-5-8-17(24)9-6-14)11-18-12-20(29)28-22(26-18)15-3-2-4-15/h5-10,12-13,15,19H,2-4,11H2,1H3,(H,27,30)(H,26,28,29)/t19-/m1/s1. The summed E-state index contributed by atoms with van der Waals surface area (Å²) in [7, 11) is 1.50. The van der Waals surface area contributed by atoms with Crippen LogP contribution in [0.4, 0.5) is 4.39 Å². The third-order valence-electron chi connectivity index (χ3n) is 5.50. The van der Waals surface area contributed by atoms with Gasteiger partial charge in [-0.05, 0) is 36.6 Å². The number of amides is 1. The highest BCUT2D eigenvalue weighted by atomic mass is 19.1. The number of nitrogens with zero attached hydrogens (tertiary/aromatic N) is 2. The van der Waals surface area contributed by atoms with Crippen LogP contribution in [0.1, 0.15) is 58.7 Å². The molecule has 2 N–H and O–H groups in total. The van der Waals surface area contributed by atoms with Crippen molar-refractivity contribution >= 4 is 5.91 Å². The number of hydrogen-bond donors (Lipinski definition) is 2. The first-order valence-electron chi connectivity index (χ1n) is 10.2. The molecule has 0 spiro atoms. The largest absolute Gasteiger partial charge is 0.481 e.